The molecule has 0 unspecified atom stereocenters. The quantitative estimate of drug-likeness (QED) is 0.536. The maximum atomic E-state index is 13.0. The van der Waals surface area contributed by atoms with E-state index in [1.807, 2.05) is 67.7 Å². The van der Waals surface area contributed by atoms with Crippen LogP contribution in [0.15, 0.2) is 65.6 Å². The number of H-pyrrole nitrogens is 2. The van der Waals surface area contributed by atoms with Crippen molar-refractivity contribution in [2.45, 2.75) is 6.92 Å². The van der Waals surface area contributed by atoms with E-state index in [1.165, 1.54) is 4.57 Å². The van der Waals surface area contributed by atoms with Crippen LogP contribution in [0, 0.1) is 11.7 Å². The first-order valence-electron chi connectivity index (χ1n) is 7.64. The summed E-state index contributed by atoms with van der Waals surface area (Å²) in [5.41, 5.74) is 4.90. The first-order chi connectivity index (χ1) is 11.6. The number of aromatic nitrogens is 3. The largest absolute Gasteiger partial charge is 0.355 e. The van der Waals surface area contributed by atoms with Gasteiger partial charge in [-0.1, -0.05) is 42.5 Å². The van der Waals surface area contributed by atoms with Crippen molar-refractivity contribution >= 4 is 23.3 Å². The highest BCUT2D eigenvalue weighted by Gasteiger charge is 2.13. The molecule has 0 aliphatic carbocycles. The zero-order chi connectivity index (χ0) is 16.7. The van der Waals surface area contributed by atoms with Gasteiger partial charge in [-0.25, -0.2) is 0 Å². The standard InChI is InChI=1S/C19H15N3OS/c1-12-6-5-9-14(10-12)22-18(23)17-16(21-19(22)24)15(11-20-17)13-7-3-2-4-8-13/h2-11,20H,1H3,(H,21,24). The lowest BCUT2D eigenvalue weighted by molar-refractivity contribution is 0.935. The number of rotatable bonds is 2. The molecule has 0 fully saturated rings. The second kappa shape index (κ2) is 5.62. The summed E-state index contributed by atoms with van der Waals surface area (Å²) in [5, 5.41) is 0. The van der Waals surface area contributed by atoms with E-state index in [2.05, 4.69) is 9.97 Å². The third-order valence-electron chi connectivity index (χ3n) is 4.08. The zero-order valence-corrected chi connectivity index (χ0v) is 13.9. The Balaban J connectivity index is 2.01. The van der Waals surface area contributed by atoms with E-state index < -0.39 is 0 Å². The predicted molar refractivity (Wildman–Crippen MR) is 99.3 cm³/mol. The Morgan fingerprint density at radius 1 is 1.00 bits per heavy atom. The first-order valence-corrected chi connectivity index (χ1v) is 8.05. The Morgan fingerprint density at radius 3 is 2.54 bits per heavy atom. The minimum Gasteiger partial charge on any atom is -0.355 e. The topological polar surface area (TPSA) is 53.6 Å². The normalized spacial score (nSPS) is 11.0. The summed E-state index contributed by atoms with van der Waals surface area (Å²) < 4.78 is 1.91. The van der Waals surface area contributed by atoms with E-state index in [9.17, 15) is 4.79 Å². The summed E-state index contributed by atoms with van der Waals surface area (Å²) in [4.78, 5) is 19.3. The van der Waals surface area contributed by atoms with Gasteiger partial charge in [-0.3, -0.25) is 9.36 Å². The maximum absolute atomic E-state index is 13.0. The number of hydrogen-bond acceptors (Lipinski definition) is 2. The Bertz CT molecular complexity index is 1150. The van der Waals surface area contributed by atoms with Crippen LogP contribution in [-0.4, -0.2) is 14.5 Å². The number of hydrogen-bond donors (Lipinski definition) is 2. The van der Waals surface area contributed by atoms with Gasteiger partial charge in [0.05, 0.1) is 11.2 Å². The third-order valence-corrected chi connectivity index (χ3v) is 4.36. The average Bonchev–Trinajstić information content (AvgIpc) is 3.00. The van der Waals surface area contributed by atoms with Crippen LogP contribution in [-0.2, 0) is 0 Å². The number of benzene rings is 2. The molecule has 0 amide bonds. The van der Waals surface area contributed by atoms with Gasteiger partial charge in [-0.15, -0.1) is 0 Å². The van der Waals surface area contributed by atoms with Crippen LogP contribution >= 0.6 is 12.2 Å². The smallest absolute Gasteiger partial charge is 0.283 e. The van der Waals surface area contributed by atoms with E-state index in [-0.39, 0.29) is 5.56 Å². The lowest BCUT2D eigenvalue weighted by Gasteiger charge is -2.08. The van der Waals surface area contributed by atoms with Crippen molar-refractivity contribution in [3.63, 3.8) is 0 Å². The van der Waals surface area contributed by atoms with Gasteiger partial charge in [0.15, 0.2) is 4.77 Å². The molecule has 0 aliphatic rings. The summed E-state index contributed by atoms with van der Waals surface area (Å²) in [5.74, 6) is 0. The van der Waals surface area contributed by atoms with Gasteiger partial charge in [0.2, 0.25) is 0 Å². The monoisotopic (exact) mass is 333 g/mol. The Labute approximate surface area is 143 Å². The highest BCUT2D eigenvalue weighted by molar-refractivity contribution is 7.71. The molecule has 118 valence electrons. The van der Waals surface area contributed by atoms with E-state index in [0.717, 1.165) is 27.9 Å². The van der Waals surface area contributed by atoms with Crippen molar-refractivity contribution < 1.29 is 0 Å². The fraction of sp³-hybridized carbons (Fsp3) is 0.0526. The molecule has 0 aliphatic heterocycles. The molecule has 0 bridgehead atoms. The highest BCUT2D eigenvalue weighted by atomic mass is 32.1. The van der Waals surface area contributed by atoms with E-state index in [0.29, 0.717) is 10.3 Å². The van der Waals surface area contributed by atoms with Gasteiger partial charge >= 0.3 is 0 Å². The molecular formula is C19H15N3OS. The summed E-state index contributed by atoms with van der Waals surface area (Å²) in [6, 6.07) is 17.6. The molecule has 2 aromatic heterocycles. The van der Waals surface area contributed by atoms with Crippen LogP contribution in [0.3, 0.4) is 0 Å². The van der Waals surface area contributed by atoms with Crippen LogP contribution in [0.1, 0.15) is 5.56 Å². The second-order valence-electron chi connectivity index (χ2n) is 5.73. The van der Waals surface area contributed by atoms with Gasteiger partial charge in [-0.2, -0.15) is 0 Å². The SMILES string of the molecule is Cc1cccc(-n2c(=S)[nH]c3c(-c4ccccc4)c[nH]c3c2=O)c1. The molecule has 24 heavy (non-hydrogen) atoms. The minimum absolute atomic E-state index is 0.151. The molecule has 4 rings (SSSR count). The molecular weight excluding hydrogens is 318 g/mol. The van der Waals surface area contributed by atoms with Crippen LogP contribution in [0.25, 0.3) is 27.8 Å². The summed E-state index contributed by atoms with van der Waals surface area (Å²) in [7, 11) is 0. The van der Waals surface area contributed by atoms with Crippen LogP contribution in [0.5, 0.6) is 0 Å². The summed E-state index contributed by atoms with van der Waals surface area (Å²) in [6.07, 6.45) is 1.84. The molecule has 2 N–H and O–H groups in total. The molecule has 0 atom stereocenters. The van der Waals surface area contributed by atoms with Crippen LogP contribution in [0.2, 0.25) is 0 Å². The van der Waals surface area contributed by atoms with Crippen LogP contribution in [0.4, 0.5) is 0 Å². The molecule has 0 radical (unpaired) electrons. The van der Waals surface area contributed by atoms with E-state index >= 15 is 0 Å². The zero-order valence-electron chi connectivity index (χ0n) is 13.0. The maximum Gasteiger partial charge on any atom is 0.283 e. The summed E-state index contributed by atoms with van der Waals surface area (Å²) >= 11 is 5.46. The Kier molecular flexibility index (Phi) is 3.43. The second-order valence-corrected chi connectivity index (χ2v) is 6.11. The molecule has 2 heterocycles. The van der Waals surface area contributed by atoms with Crippen molar-refractivity contribution in [3.05, 3.63) is 81.5 Å². The first kappa shape index (κ1) is 14.7. The number of fused-ring (bicyclic) bond motifs is 1. The molecule has 0 saturated carbocycles. The van der Waals surface area contributed by atoms with Gasteiger partial charge in [-0.05, 0) is 42.4 Å². The fourth-order valence-electron chi connectivity index (χ4n) is 2.94. The highest BCUT2D eigenvalue weighted by Crippen LogP contribution is 2.25. The lowest BCUT2D eigenvalue weighted by atomic mass is 10.1. The predicted octanol–water partition coefficient (Wildman–Crippen LogP) is 4.35. The number of aromatic amines is 2. The summed E-state index contributed by atoms with van der Waals surface area (Å²) in [6.45, 7) is 1.99. The molecule has 2 aromatic carbocycles. The van der Waals surface area contributed by atoms with Crippen molar-refractivity contribution in [3.8, 4) is 16.8 Å². The van der Waals surface area contributed by atoms with E-state index in [1.54, 1.807) is 0 Å². The van der Waals surface area contributed by atoms with Crippen molar-refractivity contribution in [2.75, 3.05) is 0 Å². The van der Waals surface area contributed by atoms with Crippen molar-refractivity contribution in [2.24, 2.45) is 0 Å². The Morgan fingerprint density at radius 2 is 1.79 bits per heavy atom. The lowest BCUT2D eigenvalue weighted by Crippen LogP contribution is -2.20. The molecule has 0 spiro atoms. The molecule has 0 saturated heterocycles. The van der Waals surface area contributed by atoms with Crippen LogP contribution < -0.4 is 5.56 Å². The van der Waals surface area contributed by atoms with Crippen molar-refractivity contribution in [1.82, 2.24) is 14.5 Å². The van der Waals surface area contributed by atoms with Gasteiger partial charge in [0.25, 0.3) is 5.56 Å². The van der Waals surface area contributed by atoms with E-state index in [4.69, 9.17) is 12.2 Å². The molecule has 4 nitrogen and oxygen atoms in total. The average molecular weight is 333 g/mol. The number of aryl methyl sites for hydroxylation is 1. The number of nitrogens with zero attached hydrogens (tertiary/aromatic N) is 1. The van der Waals surface area contributed by atoms with Gasteiger partial charge < -0.3 is 9.97 Å². The number of nitrogens with one attached hydrogen (secondary N) is 2. The van der Waals surface area contributed by atoms with Gasteiger partial charge in [0, 0.05) is 11.8 Å². The minimum atomic E-state index is -0.151. The fourth-order valence-corrected chi connectivity index (χ4v) is 3.23. The molecule has 4 aromatic rings. The van der Waals surface area contributed by atoms with Gasteiger partial charge in [0.1, 0.15) is 5.52 Å². The van der Waals surface area contributed by atoms with Crippen molar-refractivity contribution in [1.29, 1.82) is 0 Å². The molecule has 5 heteroatoms. The third kappa shape index (κ3) is 2.30. The Hall–Kier alpha value is -2.92.